The Labute approximate surface area is 110 Å². The first-order valence-corrected chi connectivity index (χ1v) is 5.63. The van der Waals surface area contributed by atoms with Crippen molar-refractivity contribution in [2.45, 2.75) is 19.1 Å². The summed E-state index contributed by atoms with van der Waals surface area (Å²) in [5, 5.41) is 5.99. The van der Waals surface area contributed by atoms with Crippen LogP contribution in [0.3, 0.4) is 0 Å². The van der Waals surface area contributed by atoms with E-state index >= 15 is 0 Å². The number of ether oxygens (including phenoxy) is 1. The van der Waals surface area contributed by atoms with E-state index in [4.69, 9.17) is 10.3 Å². The van der Waals surface area contributed by atoms with Crippen LogP contribution < -0.4 is 5.32 Å². The van der Waals surface area contributed by atoms with Crippen molar-refractivity contribution in [1.82, 2.24) is 0 Å². The molecule has 0 aliphatic carbocycles. The van der Waals surface area contributed by atoms with Crippen molar-refractivity contribution in [3.05, 3.63) is 40.3 Å². The van der Waals surface area contributed by atoms with Gasteiger partial charge in [0.25, 0.3) is 0 Å². The van der Waals surface area contributed by atoms with Gasteiger partial charge in [-0.05, 0) is 23.2 Å². The zero-order valence-corrected chi connectivity index (χ0v) is 10.7. The quantitative estimate of drug-likeness (QED) is 0.487. The number of amides is 1. The van der Waals surface area contributed by atoms with Gasteiger partial charge in [0.15, 0.2) is 0 Å². The second-order valence-electron chi connectivity index (χ2n) is 3.89. The largest absolute Gasteiger partial charge is 0.376 e. The fourth-order valence-corrected chi connectivity index (χ4v) is 1.71. The number of hydrogen-bond donors (Lipinski definition) is 1. The number of halogens is 1. The molecule has 0 saturated heterocycles. The van der Waals surface area contributed by atoms with Crippen LogP contribution in [0, 0.1) is 0 Å². The summed E-state index contributed by atoms with van der Waals surface area (Å²) < 4.78 is 18.0. The molecule has 0 spiro atoms. The molecule has 0 radical (unpaired) electrons. The molecule has 6 nitrogen and oxygen atoms in total. The Balaban J connectivity index is 2.92. The van der Waals surface area contributed by atoms with Crippen molar-refractivity contribution in [3.8, 4) is 0 Å². The number of alkyl halides is 1. The maximum Gasteiger partial charge on any atom is 0.221 e. The first-order chi connectivity index (χ1) is 9.12. The topological polar surface area (TPSA) is 87.1 Å². The highest BCUT2D eigenvalue weighted by Gasteiger charge is 2.22. The minimum Gasteiger partial charge on any atom is -0.376 e. The van der Waals surface area contributed by atoms with Gasteiger partial charge in [-0.25, -0.2) is 0 Å². The fraction of sp³-hybridized carbons (Fsp3) is 0.417. The molecule has 1 aromatic rings. The number of nitrogens with one attached hydrogen (secondary N) is 1. The van der Waals surface area contributed by atoms with Crippen LogP contribution in [0.15, 0.2) is 29.4 Å². The Bertz CT molecular complexity index is 471. The standard InChI is InChI=1S/C12H15FN4O2/c1-8(18)15-10-5-3-9(4-6-10)12(19-2)11(7-13)16-17-14/h3-6,11-12H,7H2,1-2H3,(H,15,18)/t11-,12-/m1/s1. The van der Waals surface area contributed by atoms with E-state index < -0.39 is 18.8 Å². The number of nitrogens with zero attached hydrogens (tertiary/aromatic N) is 3. The lowest BCUT2D eigenvalue weighted by molar-refractivity contribution is -0.114. The summed E-state index contributed by atoms with van der Waals surface area (Å²) >= 11 is 0. The number of rotatable bonds is 6. The third kappa shape index (κ3) is 4.24. The van der Waals surface area contributed by atoms with Crippen molar-refractivity contribution in [3.63, 3.8) is 0 Å². The van der Waals surface area contributed by atoms with E-state index in [9.17, 15) is 9.18 Å². The van der Waals surface area contributed by atoms with E-state index in [2.05, 4.69) is 15.3 Å². The number of hydrogen-bond acceptors (Lipinski definition) is 3. The van der Waals surface area contributed by atoms with E-state index in [0.717, 1.165) is 0 Å². The number of methoxy groups -OCH3 is 1. The van der Waals surface area contributed by atoms with Crippen LogP contribution in [0.1, 0.15) is 18.6 Å². The zero-order chi connectivity index (χ0) is 14.3. The van der Waals surface area contributed by atoms with Gasteiger partial charge in [-0.2, -0.15) is 0 Å². The Morgan fingerprint density at radius 2 is 2.16 bits per heavy atom. The summed E-state index contributed by atoms with van der Waals surface area (Å²) in [5.74, 6) is -0.174. The molecule has 0 fully saturated rings. The van der Waals surface area contributed by atoms with Gasteiger partial charge >= 0.3 is 0 Å². The summed E-state index contributed by atoms with van der Waals surface area (Å²) in [4.78, 5) is 13.5. The molecule has 1 amide bonds. The Kier molecular flexibility index (Phi) is 5.78. The first-order valence-electron chi connectivity index (χ1n) is 5.63. The van der Waals surface area contributed by atoms with Crippen molar-refractivity contribution in [1.29, 1.82) is 0 Å². The molecule has 0 unspecified atom stereocenters. The van der Waals surface area contributed by atoms with Crippen LogP contribution in [0.25, 0.3) is 10.4 Å². The highest BCUT2D eigenvalue weighted by atomic mass is 19.1. The lowest BCUT2D eigenvalue weighted by atomic mass is 10.0. The zero-order valence-electron chi connectivity index (χ0n) is 10.7. The lowest BCUT2D eigenvalue weighted by Gasteiger charge is -2.20. The molecule has 0 saturated carbocycles. The summed E-state index contributed by atoms with van der Waals surface area (Å²) in [5.41, 5.74) is 9.69. The molecule has 0 aliphatic rings. The van der Waals surface area contributed by atoms with E-state index in [1.807, 2.05) is 0 Å². The third-order valence-electron chi connectivity index (χ3n) is 2.52. The normalized spacial score (nSPS) is 13.2. The van der Waals surface area contributed by atoms with Gasteiger partial charge in [0.05, 0.1) is 12.1 Å². The highest BCUT2D eigenvalue weighted by molar-refractivity contribution is 5.88. The first kappa shape index (κ1) is 14.9. The third-order valence-corrected chi connectivity index (χ3v) is 2.52. The number of carbonyl (C=O) groups is 1. The molecule has 1 N–H and O–H groups in total. The molecule has 0 aliphatic heterocycles. The van der Waals surface area contributed by atoms with Crippen LogP contribution in [-0.2, 0) is 9.53 Å². The van der Waals surface area contributed by atoms with Gasteiger partial charge < -0.3 is 10.1 Å². The van der Waals surface area contributed by atoms with Crippen LogP contribution >= 0.6 is 0 Å². The van der Waals surface area contributed by atoms with Gasteiger partial charge in [0.2, 0.25) is 5.91 Å². The Morgan fingerprint density at radius 3 is 2.58 bits per heavy atom. The molecule has 0 heterocycles. The fourth-order valence-electron chi connectivity index (χ4n) is 1.71. The van der Waals surface area contributed by atoms with E-state index in [1.54, 1.807) is 24.3 Å². The minimum absolute atomic E-state index is 0.174. The molecule has 7 heteroatoms. The highest BCUT2D eigenvalue weighted by Crippen LogP contribution is 2.25. The summed E-state index contributed by atoms with van der Waals surface area (Å²) in [6.45, 7) is 0.600. The molecule has 0 aromatic heterocycles. The Hall–Kier alpha value is -2.11. The number of anilines is 1. The van der Waals surface area contributed by atoms with Crippen LogP contribution in [0.5, 0.6) is 0 Å². The number of carbonyl (C=O) groups excluding carboxylic acids is 1. The van der Waals surface area contributed by atoms with Gasteiger partial charge in [-0.1, -0.05) is 17.2 Å². The van der Waals surface area contributed by atoms with Crippen LogP contribution in [-0.4, -0.2) is 25.7 Å². The predicted octanol–water partition coefficient (Wildman–Crippen LogP) is 2.98. The number of azide groups is 1. The summed E-state index contributed by atoms with van der Waals surface area (Å²) in [7, 11) is 1.42. The molecule has 1 aromatic carbocycles. The molecular formula is C12H15FN4O2. The summed E-state index contributed by atoms with van der Waals surface area (Å²) in [6, 6.07) is 5.81. The van der Waals surface area contributed by atoms with Gasteiger partial charge in [-0.15, -0.1) is 0 Å². The second-order valence-corrected chi connectivity index (χ2v) is 3.89. The molecule has 19 heavy (non-hydrogen) atoms. The van der Waals surface area contributed by atoms with Gasteiger partial charge in [0, 0.05) is 24.6 Å². The average Bonchev–Trinajstić information content (AvgIpc) is 2.39. The van der Waals surface area contributed by atoms with E-state index in [-0.39, 0.29) is 5.91 Å². The average molecular weight is 266 g/mol. The van der Waals surface area contributed by atoms with Crippen molar-refractivity contribution in [2.24, 2.45) is 5.11 Å². The maximum absolute atomic E-state index is 12.8. The Morgan fingerprint density at radius 1 is 1.53 bits per heavy atom. The van der Waals surface area contributed by atoms with E-state index in [1.165, 1.54) is 14.0 Å². The maximum atomic E-state index is 12.8. The molecule has 1 rings (SSSR count). The monoisotopic (exact) mass is 266 g/mol. The predicted molar refractivity (Wildman–Crippen MR) is 69.4 cm³/mol. The second kappa shape index (κ2) is 7.35. The minimum atomic E-state index is -0.915. The number of benzene rings is 1. The van der Waals surface area contributed by atoms with Crippen LogP contribution in [0.4, 0.5) is 10.1 Å². The van der Waals surface area contributed by atoms with Crippen molar-refractivity contribution < 1.29 is 13.9 Å². The van der Waals surface area contributed by atoms with E-state index in [0.29, 0.717) is 11.3 Å². The van der Waals surface area contributed by atoms with Gasteiger partial charge in [-0.3, -0.25) is 9.18 Å². The van der Waals surface area contributed by atoms with Gasteiger partial charge in [0.1, 0.15) is 6.67 Å². The smallest absolute Gasteiger partial charge is 0.221 e. The molecule has 2 atom stereocenters. The lowest BCUT2D eigenvalue weighted by Crippen LogP contribution is -2.20. The van der Waals surface area contributed by atoms with Crippen molar-refractivity contribution >= 4 is 11.6 Å². The molecule has 0 bridgehead atoms. The SMILES string of the molecule is CO[C@H](c1ccc(NC(C)=O)cc1)[C@@H](CF)N=[N+]=[N-]. The molecular weight excluding hydrogens is 251 g/mol. The van der Waals surface area contributed by atoms with Crippen LogP contribution in [0.2, 0.25) is 0 Å². The molecule has 102 valence electrons. The van der Waals surface area contributed by atoms with Crippen molar-refractivity contribution in [2.75, 3.05) is 19.1 Å². The summed E-state index contributed by atoms with van der Waals surface area (Å²) in [6.07, 6.45) is -0.660.